The van der Waals surface area contributed by atoms with Gasteiger partial charge in [-0.15, -0.1) is 0 Å². The van der Waals surface area contributed by atoms with Gasteiger partial charge in [0.2, 0.25) is 5.91 Å². The van der Waals surface area contributed by atoms with Gasteiger partial charge in [-0.25, -0.2) is 0 Å². The van der Waals surface area contributed by atoms with E-state index in [1.807, 2.05) is 13.8 Å². The number of carbonyl (C=O) groups excluding carboxylic acids is 1. The average molecular weight is 354 g/mol. The van der Waals surface area contributed by atoms with Crippen LogP contribution in [0.1, 0.15) is 39.3 Å². The number of nitrogens with one attached hydrogen (secondary N) is 2. The first-order chi connectivity index (χ1) is 9.87. The van der Waals surface area contributed by atoms with Crippen molar-refractivity contribution in [3.8, 4) is 0 Å². The van der Waals surface area contributed by atoms with Crippen LogP contribution in [-0.4, -0.2) is 31.1 Å². The number of amides is 1. The number of benzene rings is 1. The van der Waals surface area contributed by atoms with Gasteiger partial charge in [0.15, 0.2) is 0 Å². The first-order valence-electron chi connectivity index (χ1n) is 7.46. The molecule has 1 aromatic rings. The van der Waals surface area contributed by atoms with Crippen LogP contribution in [0.2, 0.25) is 0 Å². The number of hydrogen-bond acceptors (Lipinski definition) is 3. The van der Waals surface area contributed by atoms with Gasteiger partial charge in [0.05, 0.1) is 0 Å². The summed E-state index contributed by atoms with van der Waals surface area (Å²) in [5.41, 5.74) is 1.81. The van der Waals surface area contributed by atoms with E-state index in [1.165, 1.54) is 5.56 Å². The minimum Gasteiger partial charge on any atom is -0.355 e. The molecular formula is C16H24BrN3O. The van der Waals surface area contributed by atoms with Crippen LogP contribution in [0.15, 0.2) is 22.7 Å². The van der Waals surface area contributed by atoms with Crippen LogP contribution in [0.25, 0.3) is 0 Å². The van der Waals surface area contributed by atoms with Gasteiger partial charge in [-0.05, 0) is 45.0 Å². The largest absolute Gasteiger partial charge is 0.355 e. The lowest BCUT2D eigenvalue weighted by atomic mass is 9.95. The summed E-state index contributed by atoms with van der Waals surface area (Å²) in [4.78, 5) is 14.4. The third-order valence-corrected chi connectivity index (χ3v) is 4.60. The van der Waals surface area contributed by atoms with Gasteiger partial charge in [0, 0.05) is 29.3 Å². The highest BCUT2D eigenvalue weighted by Gasteiger charge is 2.38. The molecule has 0 radical (unpaired) electrons. The molecule has 0 saturated carbocycles. The lowest BCUT2D eigenvalue weighted by Crippen LogP contribution is -2.62. The van der Waals surface area contributed by atoms with Crippen molar-refractivity contribution in [2.75, 3.05) is 24.5 Å². The third kappa shape index (κ3) is 3.24. The van der Waals surface area contributed by atoms with Crippen molar-refractivity contribution in [3.05, 3.63) is 28.2 Å². The van der Waals surface area contributed by atoms with Gasteiger partial charge in [0.1, 0.15) is 5.54 Å². The van der Waals surface area contributed by atoms with Crippen LogP contribution >= 0.6 is 15.9 Å². The van der Waals surface area contributed by atoms with Gasteiger partial charge < -0.3 is 15.5 Å². The Kier molecular flexibility index (Phi) is 4.94. The summed E-state index contributed by atoms with van der Waals surface area (Å²) in [5.74, 6) is 0.0794. The molecule has 1 unspecified atom stereocenters. The molecular weight excluding hydrogens is 330 g/mol. The van der Waals surface area contributed by atoms with Crippen LogP contribution < -0.4 is 15.5 Å². The second-order valence-corrected chi connectivity index (χ2v) is 6.86. The van der Waals surface area contributed by atoms with Crippen LogP contribution in [0.5, 0.6) is 0 Å². The van der Waals surface area contributed by atoms with Crippen molar-refractivity contribution in [2.45, 2.75) is 39.3 Å². The fourth-order valence-corrected chi connectivity index (χ4v) is 3.20. The SMILES string of the molecule is CCNC(C)c1ccc(Br)cc1N1CCNC(=O)C1(C)C. The molecule has 1 aliphatic heterocycles. The molecule has 0 bridgehead atoms. The van der Waals surface area contributed by atoms with Crippen LogP contribution in [-0.2, 0) is 4.79 Å². The number of rotatable bonds is 4. The first-order valence-corrected chi connectivity index (χ1v) is 8.26. The van der Waals surface area contributed by atoms with Gasteiger partial charge in [-0.1, -0.05) is 28.9 Å². The topological polar surface area (TPSA) is 44.4 Å². The van der Waals surface area contributed by atoms with Crippen molar-refractivity contribution in [2.24, 2.45) is 0 Å². The van der Waals surface area contributed by atoms with E-state index in [-0.39, 0.29) is 11.9 Å². The summed E-state index contributed by atoms with van der Waals surface area (Å²) < 4.78 is 1.03. The van der Waals surface area contributed by atoms with Crippen molar-refractivity contribution < 1.29 is 4.79 Å². The fraction of sp³-hybridized carbons (Fsp3) is 0.562. The number of carbonyl (C=O) groups is 1. The summed E-state index contributed by atoms with van der Waals surface area (Å²) in [7, 11) is 0. The average Bonchev–Trinajstić information content (AvgIpc) is 2.42. The maximum atomic E-state index is 12.2. The van der Waals surface area contributed by atoms with E-state index in [4.69, 9.17) is 0 Å². The van der Waals surface area contributed by atoms with Crippen molar-refractivity contribution in [1.29, 1.82) is 0 Å². The second-order valence-electron chi connectivity index (χ2n) is 5.95. The fourth-order valence-electron chi connectivity index (χ4n) is 2.85. The van der Waals surface area contributed by atoms with Crippen molar-refractivity contribution >= 4 is 27.5 Å². The van der Waals surface area contributed by atoms with Gasteiger partial charge >= 0.3 is 0 Å². The minimum absolute atomic E-state index is 0.0794. The maximum absolute atomic E-state index is 12.2. The van der Waals surface area contributed by atoms with Gasteiger partial charge in [-0.3, -0.25) is 4.79 Å². The lowest BCUT2D eigenvalue weighted by Gasteiger charge is -2.44. The molecule has 1 saturated heterocycles. The number of piperazine rings is 1. The Bertz CT molecular complexity index is 530. The smallest absolute Gasteiger partial charge is 0.245 e. The number of hydrogen-bond donors (Lipinski definition) is 2. The lowest BCUT2D eigenvalue weighted by molar-refractivity contribution is -0.126. The van der Waals surface area contributed by atoms with Crippen molar-refractivity contribution in [1.82, 2.24) is 10.6 Å². The first kappa shape index (κ1) is 16.3. The zero-order chi connectivity index (χ0) is 15.6. The normalized spacial score (nSPS) is 19.3. The summed E-state index contributed by atoms with van der Waals surface area (Å²) in [5, 5.41) is 6.41. The predicted molar refractivity (Wildman–Crippen MR) is 90.7 cm³/mol. The van der Waals surface area contributed by atoms with Crippen molar-refractivity contribution in [3.63, 3.8) is 0 Å². The number of anilines is 1. The Hall–Kier alpha value is -1.07. The highest BCUT2D eigenvalue weighted by atomic mass is 79.9. The molecule has 1 amide bonds. The van der Waals surface area contributed by atoms with E-state index in [0.717, 1.165) is 23.2 Å². The molecule has 1 atom stereocenters. The molecule has 116 valence electrons. The monoisotopic (exact) mass is 353 g/mol. The van der Waals surface area contributed by atoms with Crippen LogP contribution in [0.3, 0.4) is 0 Å². The Morgan fingerprint density at radius 2 is 2.19 bits per heavy atom. The molecule has 0 spiro atoms. The standard InChI is InChI=1S/C16H24BrN3O/c1-5-18-11(2)13-7-6-12(17)10-14(13)20-9-8-19-15(21)16(20,3)4/h6-7,10-11,18H,5,8-9H2,1-4H3,(H,19,21). The van der Waals surface area contributed by atoms with E-state index >= 15 is 0 Å². The summed E-state index contributed by atoms with van der Waals surface area (Å²) in [6.07, 6.45) is 0. The zero-order valence-corrected chi connectivity index (χ0v) is 14.8. The van der Waals surface area contributed by atoms with E-state index < -0.39 is 5.54 Å². The zero-order valence-electron chi connectivity index (χ0n) is 13.2. The molecule has 1 aromatic carbocycles. The van der Waals surface area contributed by atoms with E-state index in [0.29, 0.717) is 6.54 Å². The highest BCUT2D eigenvalue weighted by Crippen LogP contribution is 2.34. The Labute approximate surface area is 135 Å². The molecule has 1 aliphatic rings. The summed E-state index contributed by atoms with van der Waals surface area (Å²) in [6.45, 7) is 10.6. The minimum atomic E-state index is -0.542. The number of halogens is 1. The Morgan fingerprint density at radius 1 is 1.48 bits per heavy atom. The molecule has 0 aromatic heterocycles. The van der Waals surface area contributed by atoms with E-state index in [9.17, 15) is 4.79 Å². The Balaban J connectivity index is 2.46. The van der Waals surface area contributed by atoms with Crippen LogP contribution in [0.4, 0.5) is 5.69 Å². The summed E-state index contributed by atoms with van der Waals surface area (Å²) in [6, 6.07) is 6.56. The van der Waals surface area contributed by atoms with Gasteiger partial charge in [0.25, 0.3) is 0 Å². The number of nitrogens with zero attached hydrogens (tertiary/aromatic N) is 1. The van der Waals surface area contributed by atoms with Crippen LogP contribution in [0, 0.1) is 0 Å². The molecule has 21 heavy (non-hydrogen) atoms. The maximum Gasteiger partial charge on any atom is 0.245 e. The molecule has 0 aliphatic carbocycles. The molecule has 1 heterocycles. The highest BCUT2D eigenvalue weighted by molar-refractivity contribution is 9.10. The molecule has 5 heteroatoms. The quantitative estimate of drug-likeness (QED) is 0.874. The summed E-state index contributed by atoms with van der Waals surface area (Å²) >= 11 is 3.56. The molecule has 2 N–H and O–H groups in total. The van der Waals surface area contributed by atoms with E-state index in [1.54, 1.807) is 0 Å². The van der Waals surface area contributed by atoms with E-state index in [2.05, 4.69) is 63.5 Å². The third-order valence-electron chi connectivity index (χ3n) is 4.11. The molecule has 1 fully saturated rings. The molecule has 4 nitrogen and oxygen atoms in total. The molecule has 2 rings (SSSR count). The Morgan fingerprint density at radius 3 is 2.86 bits per heavy atom. The van der Waals surface area contributed by atoms with Gasteiger partial charge in [-0.2, -0.15) is 0 Å². The second kappa shape index (κ2) is 6.36. The predicted octanol–water partition coefficient (Wildman–Crippen LogP) is 2.83.